The summed E-state index contributed by atoms with van der Waals surface area (Å²) in [7, 11) is -3.89. The van der Waals surface area contributed by atoms with Gasteiger partial charge in [0.25, 0.3) is 10.0 Å². The van der Waals surface area contributed by atoms with Gasteiger partial charge in [-0.2, -0.15) is 5.10 Å². The molecule has 0 saturated heterocycles. The van der Waals surface area contributed by atoms with Crippen molar-refractivity contribution in [3.8, 4) is 0 Å². The minimum Gasteiger partial charge on any atom is -0.462 e. The van der Waals surface area contributed by atoms with E-state index in [0.717, 1.165) is 5.56 Å². The van der Waals surface area contributed by atoms with Gasteiger partial charge in [-0.1, -0.05) is 17.7 Å². The highest BCUT2D eigenvalue weighted by molar-refractivity contribution is 7.92. The highest BCUT2D eigenvalue weighted by Crippen LogP contribution is 2.25. The van der Waals surface area contributed by atoms with E-state index >= 15 is 0 Å². The maximum absolute atomic E-state index is 13.4. The number of benzene rings is 2. The Bertz CT molecular complexity index is 1080. The van der Waals surface area contributed by atoms with Crippen LogP contribution < -0.4 is 21.2 Å². The molecule has 2 amide bonds. The number of hydrogen-bond acceptors (Lipinski definition) is 7. The lowest BCUT2D eigenvalue weighted by atomic mass is 10.2. The number of urea groups is 1. The van der Waals surface area contributed by atoms with Crippen molar-refractivity contribution in [1.29, 1.82) is 0 Å². The van der Waals surface area contributed by atoms with Crippen LogP contribution in [0.15, 0.2) is 58.5 Å². The van der Waals surface area contributed by atoms with Crippen molar-refractivity contribution < 1.29 is 22.7 Å². The molecule has 0 radical (unpaired) electrons. The number of esters is 1. The van der Waals surface area contributed by atoms with Gasteiger partial charge in [-0.05, 0) is 63.1 Å². The number of nitrogens with zero attached hydrogens (tertiary/aromatic N) is 2. The third kappa shape index (κ3) is 7.29. The highest BCUT2D eigenvalue weighted by Gasteiger charge is 2.25. The zero-order chi connectivity index (χ0) is 24.4. The molecule has 0 heterocycles. The second-order valence-corrected chi connectivity index (χ2v) is 8.98. The number of aryl methyl sites for hydroxylation is 1. The monoisotopic (exact) mass is 475 g/mol. The number of amides is 2. The first-order valence-corrected chi connectivity index (χ1v) is 11.8. The van der Waals surface area contributed by atoms with Crippen LogP contribution in [-0.2, 0) is 14.8 Å². The predicted octanol–water partition coefficient (Wildman–Crippen LogP) is 2.13. The molecule has 0 unspecified atom stereocenters. The topological polar surface area (TPSA) is 157 Å². The number of primary amides is 1. The average molecular weight is 476 g/mol. The van der Waals surface area contributed by atoms with Crippen LogP contribution >= 0.6 is 0 Å². The number of anilines is 1. The van der Waals surface area contributed by atoms with Crippen molar-refractivity contribution in [2.75, 3.05) is 24.0 Å². The van der Waals surface area contributed by atoms with Gasteiger partial charge in [0.2, 0.25) is 0 Å². The molecule has 178 valence electrons. The largest absolute Gasteiger partial charge is 0.462 e. The van der Waals surface area contributed by atoms with Crippen LogP contribution in [0.3, 0.4) is 0 Å². The normalized spacial score (nSPS) is 11.7. The molecule has 2 aromatic carbocycles. The lowest BCUT2D eigenvalue weighted by Crippen LogP contribution is -2.33. The van der Waals surface area contributed by atoms with Crippen molar-refractivity contribution in [2.45, 2.75) is 31.6 Å². The number of nitrogens with two attached hydrogens (primary N) is 2. The minimum absolute atomic E-state index is 0.0826. The Hall–Kier alpha value is -3.44. The molecule has 33 heavy (non-hydrogen) atoms. The van der Waals surface area contributed by atoms with Gasteiger partial charge in [0.15, 0.2) is 0 Å². The van der Waals surface area contributed by atoms with Gasteiger partial charge in [0, 0.05) is 13.1 Å². The van der Waals surface area contributed by atoms with Crippen LogP contribution in [0.5, 0.6) is 0 Å². The molecule has 5 N–H and O–H groups in total. The Morgan fingerprint density at radius 2 is 1.73 bits per heavy atom. The summed E-state index contributed by atoms with van der Waals surface area (Å²) < 4.78 is 33.1. The van der Waals surface area contributed by atoms with Crippen molar-refractivity contribution >= 4 is 33.4 Å². The first-order valence-electron chi connectivity index (χ1n) is 10.4. The lowest BCUT2D eigenvalue weighted by molar-refractivity contribution is 0.0526. The number of rotatable bonds is 11. The van der Waals surface area contributed by atoms with Gasteiger partial charge < -0.3 is 16.2 Å². The zero-order valence-electron chi connectivity index (χ0n) is 18.7. The molecule has 0 aromatic heterocycles. The van der Waals surface area contributed by atoms with Gasteiger partial charge in [0.05, 0.1) is 28.5 Å². The quantitative estimate of drug-likeness (QED) is 0.257. The number of ether oxygens (including phenoxy) is 1. The third-order valence-electron chi connectivity index (χ3n) is 4.66. The number of sulfonamides is 1. The summed E-state index contributed by atoms with van der Waals surface area (Å²) in [6.45, 7) is 4.02. The maximum atomic E-state index is 13.4. The summed E-state index contributed by atoms with van der Waals surface area (Å²) >= 11 is 0. The summed E-state index contributed by atoms with van der Waals surface area (Å²) in [4.78, 5) is 23.0. The SMILES string of the molecule is CCOC(=O)c1ccc(N(CCC/C(CN)=N\NC(N)=O)S(=O)(=O)c2ccc(C)cc2)cc1. The fourth-order valence-corrected chi connectivity index (χ4v) is 4.47. The second-order valence-electron chi connectivity index (χ2n) is 7.12. The molecule has 0 atom stereocenters. The molecule has 10 nitrogen and oxygen atoms in total. The first-order chi connectivity index (χ1) is 15.7. The summed E-state index contributed by atoms with van der Waals surface area (Å²) in [5.74, 6) is -0.484. The minimum atomic E-state index is -3.89. The van der Waals surface area contributed by atoms with E-state index in [-0.39, 0.29) is 24.6 Å². The zero-order valence-corrected chi connectivity index (χ0v) is 19.5. The lowest BCUT2D eigenvalue weighted by Gasteiger charge is -2.25. The fourth-order valence-electron chi connectivity index (χ4n) is 2.97. The van der Waals surface area contributed by atoms with E-state index in [1.807, 2.05) is 6.92 Å². The molecule has 0 spiro atoms. The number of nitrogens with one attached hydrogen (secondary N) is 1. The van der Waals surface area contributed by atoms with Crippen LogP contribution in [0, 0.1) is 6.92 Å². The molecule has 0 aliphatic carbocycles. The van der Waals surface area contributed by atoms with E-state index in [4.69, 9.17) is 16.2 Å². The van der Waals surface area contributed by atoms with Gasteiger partial charge in [-0.25, -0.2) is 23.4 Å². The Balaban J connectivity index is 2.32. The van der Waals surface area contributed by atoms with Crippen LogP contribution in [0.4, 0.5) is 10.5 Å². The average Bonchev–Trinajstić information content (AvgIpc) is 2.79. The highest BCUT2D eigenvalue weighted by atomic mass is 32.2. The van der Waals surface area contributed by atoms with Crippen molar-refractivity contribution in [3.05, 3.63) is 59.7 Å². The molecule has 0 bridgehead atoms. The molecular formula is C22H29N5O5S. The van der Waals surface area contributed by atoms with Gasteiger partial charge in [-0.3, -0.25) is 4.31 Å². The van der Waals surface area contributed by atoms with E-state index < -0.39 is 22.0 Å². The van der Waals surface area contributed by atoms with Crippen LogP contribution in [0.1, 0.15) is 35.7 Å². The fraction of sp³-hybridized carbons (Fsp3) is 0.318. The van der Waals surface area contributed by atoms with Crippen LogP contribution in [0.2, 0.25) is 0 Å². The van der Waals surface area contributed by atoms with E-state index in [9.17, 15) is 18.0 Å². The summed E-state index contributed by atoms with van der Waals surface area (Å²) in [6, 6.07) is 11.9. The summed E-state index contributed by atoms with van der Waals surface area (Å²) in [5, 5.41) is 3.84. The molecule has 2 rings (SSSR count). The molecule has 0 saturated carbocycles. The molecule has 0 aliphatic heterocycles. The Labute approximate surface area is 193 Å². The van der Waals surface area contributed by atoms with E-state index in [1.165, 1.54) is 16.4 Å². The van der Waals surface area contributed by atoms with Gasteiger partial charge in [-0.15, -0.1) is 0 Å². The number of carbonyl (C=O) groups is 2. The maximum Gasteiger partial charge on any atom is 0.338 e. The molecule has 2 aromatic rings. The Kier molecular flexibility index (Phi) is 9.37. The third-order valence-corrected chi connectivity index (χ3v) is 6.50. The summed E-state index contributed by atoms with van der Waals surface area (Å²) in [6.07, 6.45) is 0.721. The molecular weight excluding hydrogens is 446 g/mol. The summed E-state index contributed by atoms with van der Waals surface area (Å²) in [5.41, 5.74) is 14.9. The predicted molar refractivity (Wildman–Crippen MR) is 127 cm³/mol. The van der Waals surface area contributed by atoms with E-state index in [2.05, 4.69) is 10.5 Å². The molecule has 0 aliphatic rings. The molecule has 0 fully saturated rings. The van der Waals surface area contributed by atoms with Crippen molar-refractivity contribution in [1.82, 2.24) is 5.43 Å². The standard InChI is InChI=1S/C22H29N5O5S/c1-3-32-21(28)17-8-10-19(11-9-17)27(14-4-5-18(15-23)25-26-22(24)29)33(30,31)20-12-6-16(2)7-13-20/h6-13H,3-5,14-15,23H2,1-2H3,(H3,24,26,29)/b25-18+. The van der Waals surface area contributed by atoms with Crippen molar-refractivity contribution in [3.63, 3.8) is 0 Å². The number of hydrazone groups is 1. The second kappa shape index (κ2) is 12.0. The smallest absolute Gasteiger partial charge is 0.338 e. The van der Waals surface area contributed by atoms with E-state index in [0.29, 0.717) is 29.8 Å². The number of carbonyl (C=O) groups excluding carboxylic acids is 2. The van der Waals surface area contributed by atoms with Crippen LogP contribution in [0.25, 0.3) is 0 Å². The molecule has 11 heteroatoms. The van der Waals surface area contributed by atoms with Gasteiger partial charge >= 0.3 is 12.0 Å². The van der Waals surface area contributed by atoms with Crippen molar-refractivity contribution in [2.24, 2.45) is 16.6 Å². The van der Waals surface area contributed by atoms with Crippen LogP contribution in [-0.4, -0.2) is 45.8 Å². The van der Waals surface area contributed by atoms with E-state index in [1.54, 1.807) is 43.3 Å². The Morgan fingerprint density at radius 3 is 2.27 bits per heavy atom. The Morgan fingerprint density at radius 1 is 1.09 bits per heavy atom. The van der Waals surface area contributed by atoms with Gasteiger partial charge in [0.1, 0.15) is 0 Å². The first kappa shape index (κ1) is 25.8. The number of hydrogen-bond donors (Lipinski definition) is 3.